The highest BCUT2D eigenvalue weighted by atomic mass is 35.5. The molecule has 0 aliphatic heterocycles. The van der Waals surface area contributed by atoms with Gasteiger partial charge in [-0.05, 0) is 24.3 Å². The quantitative estimate of drug-likeness (QED) is 0.184. The Balaban J connectivity index is 0.000000294. The second-order valence-corrected chi connectivity index (χ2v) is 7.10. The Morgan fingerprint density at radius 2 is 1.22 bits per heavy atom. The van der Waals surface area contributed by atoms with E-state index in [1.165, 1.54) is 20.3 Å². The maximum Gasteiger partial charge on any atom is 0.345 e. The maximum absolute atomic E-state index is 11.8. The van der Waals surface area contributed by atoms with Gasteiger partial charge in [0.2, 0.25) is 0 Å². The van der Waals surface area contributed by atoms with Crippen LogP contribution in [0.25, 0.3) is 11.3 Å². The molecule has 3 rings (SSSR count). The predicted octanol–water partition coefficient (Wildman–Crippen LogP) is 3.89. The van der Waals surface area contributed by atoms with Crippen molar-refractivity contribution in [2.45, 2.75) is 0 Å². The van der Waals surface area contributed by atoms with Crippen LogP contribution in [0.2, 0.25) is 5.15 Å². The third-order valence-electron chi connectivity index (χ3n) is 4.58. The minimum Gasteiger partial charge on any atom is -0.497 e. The van der Waals surface area contributed by atoms with Crippen LogP contribution in [-0.2, 0) is 9.47 Å². The Morgan fingerprint density at radius 3 is 1.65 bits per heavy atom. The first-order chi connectivity index (χ1) is 17.6. The van der Waals surface area contributed by atoms with E-state index in [4.69, 9.17) is 21.1 Å². The van der Waals surface area contributed by atoms with Crippen LogP contribution in [0.1, 0.15) is 20.7 Å². The summed E-state index contributed by atoms with van der Waals surface area (Å²) in [6.07, 6.45) is 1.93. The molecule has 194 valence electrons. The lowest BCUT2D eigenvalue weighted by molar-refractivity contribution is -0.385. The second kappa shape index (κ2) is 12.7. The Hall–Kier alpha value is -4.85. The van der Waals surface area contributed by atoms with E-state index in [0.717, 1.165) is 32.7 Å². The Bertz CT molecular complexity index is 1330. The molecule has 0 aliphatic carbocycles. The number of carbonyl (C=O) groups excluding carboxylic acids is 2. The lowest BCUT2D eigenvalue weighted by atomic mass is 10.1. The maximum atomic E-state index is 11.8. The zero-order valence-electron chi connectivity index (χ0n) is 19.8. The molecular weight excluding hydrogens is 516 g/mol. The zero-order chi connectivity index (χ0) is 27.7. The average Bonchev–Trinajstić information content (AvgIpc) is 2.91. The minimum absolute atomic E-state index is 0.00370. The zero-order valence-corrected chi connectivity index (χ0v) is 20.5. The molecule has 0 saturated heterocycles. The van der Waals surface area contributed by atoms with Gasteiger partial charge in [0.1, 0.15) is 40.2 Å². The number of aromatic nitrogens is 2. The molecule has 0 saturated carbocycles. The van der Waals surface area contributed by atoms with Crippen LogP contribution in [0.5, 0.6) is 11.5 Å². The van der Waals surface area contributed by atoms with E-state index < -0.39 is 33.2 Å². The number of benzene rings is 1. The third-order valence-corrected chi connectivity index (χ3v) is 4.79. The molecule has 3 aromatic rings. The van der Waals surface area contributed by atoms with E-state index in [1.807, 2.05) is 0 Å². The Labute approximate surface area is 214 Å². The molecule has 0 spiro atoms. The smallest absolute Gasteiger partial charge is 0.345 e. The number of nitrogens with zero attached hydrogens (tertiary/aromatic N) is 4. The molecule has 15 heteroatoms. The molecular formula is C22H19ClN4O10. The van der Waals surface area contributed by atoms with Crippen LogP contribution < -0.4 is 9.47 Å². The fourth-order valence-corrected chi connectivity index (χ4v) is 2.98. The van der Waals surface area contributed by atoms with Gasteiger partial charge in [0, 0.05) is 11.6 Å². The summed E-state index contributed by atoms with van der Waals surface area (Å²) in [6, 6.07) is 7.43. The van der Waals surface area contributed by atoms with Gasteiger partial charge in [-0.2, -0.15) is 0 Å². The summed E-state index contributed by atoms with van der Waals surface area (Å²) in [6.45, 7) is 0. The predicted molar refractivity (Wildman–Crippen MR) is 128 cm³/mol. The fraction of sp³-hybridized carbons (Fsp3) is 0.182. The molecule has 0 fully saturated rings. The highest BCUT2D eigenvalue weighted by molar-refractivity contribution is 6.29. The highest BCUT2D eigenvalue weighted by Crippen LogP contribution is 2.31. The molecule has 0 radical (unpaired) electrons. The first-order valence-corrected chi connectivity index (χ1v) is 10.3. The highest BCUT2D eigenvalue weighted by Gasteiger charge is 2.23. The molecule has 1 aromatic carbocycles. The fourth-order valence-electron chi connectivity index (χ4n) is 2.82. The number of hydrogen-bond acceptors (Lipinski definition) is 12. The van der Waals surface area contributed by atoms with Crippen LogP contribution >= 0.6 is 11.6 Å². The van der Waals surface area contributed by atoms with Crippen molar-refractivity contribution in [2.75, 3.05) is 28.4 Å². The molecule has 0 N–H and O–H groups in total. The van der Waals surface area contributed by atoms with Crippen LogP contribution in [0.4, 0.5) is 11.4 Å². The third kappa shape index (κ3) is 7.08. The summed E-state index contributed by atoms with van der Waals surface area (Å²) in [5, 5.41) is 21.5. The summed E-state index contributed by atoms with van der Waals surface area (Å²) in [7, 11) is 5.28. The van der Waals surface area contributed by atoms with Crippen molar-refractivity contribution in [3.63, 3.8) is 0 Å². The van der Waals surface area contributed by atoms with E-state index >= 15 is 0 Å². The van der Waals surface area contributed by atoms with Gasteiger partial charge < -0.3 is 18.9 Å². The first kappa shape index (κ1) is 28.4. The number of rotatable bonds is 7. The van der Waals surface area contributed by atoms with Gasteiger partial charge in [-0.15, -0.1) is 0 Å². The van der Waals surface area contributed by atoms with Crippen LogP contribution in [0.15, 0.2) is 42.7 Å². The summed E-state index contributed by atoms with van der Waals surface area (Å²) >= 11 is 5.48. The number of methoxy groups -OCH3 is 4. The molecule has 2 heterocycles. The summed E-state index contributed by atoms with van der Waals surface area (Å²) in [5.41, 5.74) is -0.298. The standard InChI is InChI=1S/C15H14N2O6.C7H5ClN2O4/c1-21-10-4-9(5-11(6-10)22-2)13-7-12(15(18)23-3)14(8-16-13)17(19)20;1-14-7(11)4-2-6(8)9-3-5(4)10(12)13/h4-8H,1-3H3;2-3H,1H3. The van der Waals surface area contributed by atoms with Crippen molar-refractivity contribution in [2.24, 2.45) is 0 Å². The Kier molecular flexibility index (Phi) is 9.77. The van der Waals surface area contributed by atoms with Crippen molar-refractivity contribution < 1.29 is 38.4 Å². The van der Waals surface area contributed by atoms with Crippen molar-refractivity contribution >= 4 is 34.9 Å². The topological polar surface area (TPSA) is 183 Å². The van der Waals surface area contributed by atoms with Crippen LogP contribution in [0, 0.1) is 20.2 Å². The van der Waals surface area contributed by atoms with E-state index in [0.29, 0.717) is 22.8 Å². The number of pyridine rings is 2. The Morgan fingerprint density at radius 1 is 0.757 bits per heavy atom. The molecule has 14 nitrogen and oxygen atoms in total. The van der Waals surface area contributed by atoms with E-state index in [-0.39, 0.29) is 16.3 Å². The van der Waals surface area contributed by atoms with Crippen molar-refractivity contribution in [1.82, 2.24) is 9.97 Å². The van der Waals surface area contributed by atoms with Crippen LogP contribution in [0.3, 0.4) is 0 Å². The average molecular weight is 535 g/mol. The number of esters is 2. The van der Waals surface area contributed by atoms with Crippen molar-refractivity contribution in [1.29, 1.82) is 0 Å². The summed E-state index contributed by atoms with van der Waals surface area (Å²) < 4.78 is 19.3. The van der Waals surface area contributed by atoms with Gasteiger partial charge in [-0.3, -0.25) is 20.2 Å². The number of halogens is 1. The second-order valence-electron chi connectivity index (χ2n) is 6.71. The number of carbonyl (C=O) groups is 2. The lowest BCUT2D eigenvalue weighted by Crippen LogP contribution is -2.07. The summed E-state index contributed by atoms with van der Waals surface area (Å²) in [4.78, 5) is 50.4. The molecule has 0 bridgehead atoms. The molecule has 0 amide bonds. The number of hydrogen-bond donors (Lipinski definition) is 0. The van der Waals surface area contributed by atoms with Gasteiger partial charge in [0.15, 0.2) is 0 Å². The molecule has 37 heavy (non-hydrogen) atoms. The molecule has 0 atom stereocenters. The van der Waals surface area contributed by atoms with Gasteiger partial charge in [-0.25, -0.2) is 19.6 Å². The van der Waals surface area contributed by atoms with Gasteiger partial charge in [0.05, 0.1) is 44.0 Å². The minimum atomic E-state index is -0.819. The van der Waals surface area contributed by atoms with Gasteiger partial charge in [0.25, 0.3) is 0 Å². The largest absolute Gasteiger partial charge is 0.497 e. The van der Waals surface area contributed by atoms with Crippen molar-refractivity contribution in [3.8, 4) is 22.8 Å². The SMILES string of the molecule is COC(=O)c1cc(-c2cc(OC)cc(OC)c2)ncc1[N+](=O)[O-].COC(=O)c1cc(Cl)ncc1[N+](=O)[O-]. The normalized spacial score (nSPS) is 9.86. The summed E-state index contributed by atoms with van der Waals surface area (Å²) in [5.74, 6) is -0.575. The van der Waals surface area contributed by atoms with E-state index in [9.17, 15) is 29.8 Å². The molecule has 0 unspecified atom stereocenters. The van der Waals surface area contributed by atoms with E-state index in [1.54, 1.807) is 18.2 Å². The number of nitro groups is 2. The van der Waals surface area contributed by atoms with E-state index in [2.05, 4.69) is 19.4 Å². The first-order valence-electron chi connectivity index (χ1n) is 9.90. The monoisotopic (exact) mass is 534 g/mol. The lowest BCUT2D eigenvalue weighted by Gasteiger charge is -2.09. The van der Waals surface area contributed by atoms with Gasteiger partial charge in [-0.1, -0.05) is 11.6 Å². The molecule has 0 aliphatic rings. The molecule has 2 aromatic heterocycles. The van der Waals surface area contributed by atoms with Crippen molar-refractivity contribution in [3.05, 3.63) is 79.2 Å². The number of ether oxygens (including phenoxy) is 4. The van der Waals surface area contributed by atoms with Gasteiger partial charge >= 0.3 is 23.3 Å². The van der Waals surface area contributed by atoms with Crippen LogP contribution in [-0.4, -0.2) is 60.2 Å².